The van der Waals surface area contributed by atoms with Crippen LogP contribution in [-0.4, -0.2) is 24.0 Å². The molecule has 0 atom stereocenters. The number of anilines is 3. The van der Waals surface area contributed by atoms with Crippen LogP contribution in [0.5, 0.6) is 0 Å². The van der Waals surface area contributed by atoms with Gasteiger partial charge in [0.1, 0.15) is 11.6 Å². The standard InChI is InChI=1S/C20H16FN3O3/c1-27-20(26)13-5-7-16(8-6-13)24-19(25)14-9-10-22-18(11-14)23-17-4-2-3-15(21)12-17/h2-12H,1H3,(H,22,23)(H,24,25). The van der Waals surface area contributed by atoms with Crippen molar-refractivity contribution in [2.45, 2.75) is 0 Å². The zero-order chi connectivity index (χ0) is 19.2. The van der Waals surface area contributed by atoms with E-state index in [0.717, 1.165) is 0 Å². The summed E-state index contributed by atoms with van der Waals surface area (Å²) in [7, 11) is 1.30. The highest BCUT2D eigenvalue weighted by Gasteiger charge is 2.09. The lowest BCUT2D eigenvalue weighted by atomic mass is 10.2. The van der Waals surface area contributed by atoms with Crippen molar-refractivity contribution < 1.29 is 18.7 Å². The second-order valence-corrected chi connectivity index (χ2v) is 5.59. The lowest BCUT2D eigenvalue weighted by molar-refractivity contribution is 0.0600. The van der Waals surface area contributed by atoms with Crippen LogP contribution >= 0.6 is 0 Å². The van der Waals surface area contributed by atoms with E-state index in [-0.39, 0.29) is 11.7 Å². The molecular formula is C20H16FN3O3. The fourth-order valence-electron chi connectivity index (χ4n) is 2.37. The van der Waals surface area contributed by atoms with Gasteiger partial charge in [-0.3, -0.25) is 4.79 Å². The molecule has 0 unspecified atom stereocenters. The van der Waals surface area contributed by atoms with Crippen molar-refractivity contribution in [3.63, 3.8) is 0 Å². The maximum atomic E-state index is 13.3. The smallest absolute Gasteiger partial charge is 0.337 e. The van der Waals surface area contributed by atoms with Gasteiger partial charge >= 0.3 is 5.97 Å². The van der Waals surface area contributed by atoms with Gasteiger partial charge in [0, 0.05) is 23.1 Å². The Hall–Kier alpha value is -3.74. The highest BCUT2D eigenvalue weighted by molar-refractivity contribution is 6.04. The first-order valence-electron chi connectivity index (χ1n) is 8.03. The number of carbonyl (C=O) groups excluding carboxylic acids is 2. The Morgan fingerprint density at radius 2 is 1.74 bits per heavy atom. The van der Waals surface area contributed by atoms with E-state index in [2.05, 4.69) is 20.4 Å². The van der Waals surface area contributed by atoms with E-state index >= 15 is 0 Å². The van der Waals surface area contributed by atoms with Gasteiger partial charge < -0.3 is 15.4 Å². The van der Waals surface area contributed by atoms with Crippen molar-refractivity contribution >= 4 is 29.1 Å². The molecule has 1 aromatic heterocycles. The molecule has 0 spiro atoms. The summed E-state index contributed by atoms with van der Waals surface area (Å²) in [4.78, 5) is 28.0. The van der Waals surface area contributed by atoms with Gasteiger partial charge in [0.15, 0.2) is 0 Å². The summed E-state index contributed by atoms with van der Waals surface area (Å²) in [5, 5.41) is 5.68. The molecular weight excluding hydrogens is 349 g/mol. The van der Waals surface area contributed by atoms with E-state index in [1.807, 2.05) is 0 Å². The van der Waals surface area contributed by atoms with E-state index in [1.54, 1.807) is 48.5 Å². The fraction of sp³-hybridized carbons (Fsp3) is 0.0500. The average molecular weight is 365 g/mol. The molecule has 0 radical (unpaired) electrons. The molecule has 0 saturated carbocycles. The van der Waals surface area contributed by atoms with Crippen LogP contribution < -0.4 is 10.6 Å². The molecule has 136 valence electrons. The predicted octanol–water partition coefficient (Wildman–Crippen LogP) is 4.00. The zero-order valence-electron chi connectivity index (χ0n) is 14.4. The Kier molecular flexibility index (Phi) is 5.41. The Bertz CT molecular complexity index is 974. The van der Waals surface area contributed by atoms with Crippen LogP contribution in [0.2, 0.25) is 0 Å². The summed E-state index contributed by atoms with van der Waals surface area (Å²) in [5.74, 6) is -0.751. The third-order valence-electron chi connectivity index (χ3n) is 3.68. The van der Waals surface area contributed by atoms with Crippen LogP contribution in [0.15, 0.2) is 66.9 Å². The minimum Gasteiger partial charge on any atom is -0.465 e. The third-order valence-corrected chi connectivity index (χ3v) is 3.68. The van der Waals surface area contributed by atoms with E-state index in [9.17, 15) is 14.0 Å². The van der Waals surface area contributed by atoms with Gasteiger partial charge in [-0.15, -0.1) is 0 Å². The molecule has 0 fully saturated rings. The van der Waals surface area contributed by atoms with Crippen molar-refractivity contribution in [2.75, 3.05) is 17.7 Å². The minimum atomic E-state index is -0.449. The number of pyridine rings is 1. The van der Waals surface area contributed by atoms with Gasteiger partial charge in [0.2, 0.25) is 0 Å². The maximum Gasteiger partial charge on any atom is 0.337 e. The molecule has 2 N–H and O–H groups in total. The first-order chi connectivity index (χ1) is 13.0. The van der Waals surface area contributed by atoms with E-state index < -0.39 is 5.97 Å². The topological polar surface area (TPSA) is 80.3 Å². The Balaban J connectivity index is 1.70. The average Bonchev–Trinajstić information content (AvgIpc) is 2.68. The van der Waals surface area contributed by atoms with Crippen LogP contribution in [-0.2, 0) is 4.74 Å². The summed E-state index contributed by atoms with van der Waals surface area (Å²) in [6, 6.07) is 15.4. The quantitative estimate of drug-likeness (QED) is 0.668. The first kappa shape index (κ1) is 18.1. The number of amides is 1. The second kappa shape index (κ2) is 8.09. The number of benzene rings is 2. The third kappa shape index (κ3) is 4.66. The summed E-state index contributed by atoms with van der Waals surface area (Å²) >= 11 is 0. The van der Waals surface area contributed by atoms with Gasteiger partial charge in [0.05, 0.1) is 12.7 Å². The Morgan fingerprint density at radius 1 is 0.963 bits per heavy atom. The van der Waals surface area contributed by atoms with E-state index in [0.29, 0.717) is 28.3 Å². The summed E-state index contributed by atoms with van der Waals surface area (Å²) in [6.45, 7) is 0. The SMILES string of the molecule is COC(=O)c1ccc(NC(=O)c2ccnc(Nc3cccc(F)c3)c2)cc1. The van der Waals surface area contributed by atoms with Crippen molar-refractivity contribution in [3.05, 3.63) is 83.8 Å². The molecule has 1 heterocycles. The maximum absolute atomic E-state index is 13.3. The molecule has 0 aliphatic rings. The molecule has 3 rings (SSSR count). The lowest BCUT2D eigenvalue weighted by Gasteiger charge is -2.09. The van der Waals surface area contributed by atoms with Gasteiger partial charge in [-0.1, -0.05) is 6.07 Å². The normalized spacial score (nSPS) is 10.1. The van der Waals surface area contributed by atoms with Crippen molar-refractivity contribution in [1.82, 2.24) is 4.98 Å². The number of aromatic nitrogens is 1. The molecule has 27 heavy (non-hydrogen) atoms. The molecule has 0 bridgehead atoms. The number of nitrogens with zero attached hydrogens (tertiary/aromatic N) is 1. The van der Waals surface area contributed by atoms with Crippen LogP contribution in [0.4, 0.5) is 21.6 Å². The summed E-state index contributed by atoms with van der Waals surface area (Å²) < 4.78 is 17.9. The van der Waals surface area contributed by atoms with E-state index in [1.165, 1.54) is 25.4 Å². The van der Waals surface area contributed by atoms with Crippen LogP contribution in [0.1, 0.15) is 20.7 Å². The number of rotatable bonds is 5. The van der Waals surface area contributed by atoms with E-state index in [4.69, 9.17) is 0 Å². The molecule has 1 amide bonds. The van der Waals surface area contributed by atoms with Gasteiger partial charge in [0.25, 0.3) is 5.91 Å². The zero-order valence-corrected chi connectivity index (χ0v) is 14.4. The molecule has 0 aliphatic heterocycles. The van der Waals surface area contributed by atoms with Gasteiger partial charge in [-0.2, -0.15) is 0 Å². The molecule has 7 heteroatoms. The van der Waals surface area contributed by atoms with Crippen LogP contribution in [0, 0.1) is 5.82 Å². The largest absolute Gasteiger partial charge is 0.465 e. The van der Waals surface area contributed by atoms with Crippen molar-refractivity contribution in [2.24, 2.45) is 0 Å². The van der Waals surface area contributed by atoms with Crippen LogP contribution in [0.3, 0.4) is 0 Å². The number of nitrogens with one attached hydrogen (secondary N) is 2. The van der Waals surface area contributed by atoms with Gasteiger partial charge in [-0.25, -0.2) is 14.2 Å². The lowest BCUT2D eigenvalue weighted by Crippen LogP contribution is -2.12. The number of halogens is 1. The predicted molar refractivity (Wildman–Crippen MR) is 99.7 cm³/mol. The molecule has 2 aromatic carbocycles. The molecule has 6 nitrogen and oxygen atoms in total. The molecule has 3 aromatic rings. The first-order valence-corrected chi connectivity index (χ1v) is 8.03. The van der Waals surface area contributed by atoms with Crippen molar-refractivity contribution in [1.29, 1.82) is 0 Å². The minimum absolute atomic E-state index is 0.342. The highest BCUT2D eigenvalue weighted by atomic mass is 19.1. The Morgan fingerprint density at radius 3 is 2.44 bits per heavy atom. The summed E-state index contributed by atoms with van der Waals surface area (Å²) in [5.41, 5.74) is 1.82. The number of esters is 1. The van der Waals surface area contributed by atoms with Crippen molar-refractivity contribution in [3.8, 4) is 0 Å². The summed E-state index contributed by atoms with van der Waals surface area (Å²) in [6.07, 6.45) is 1.48. The van der Waals surface area contributed by atoms with Gasteiger partial charge in [-0.05, 0) is 54.6 Å². The number of methoxy groups -OCH3 is 1. The molecule has 0 saturated heterocycles. The number of ether oxygens (including phenoxy) is 1. The number of hydrogen-bond donors (Lipinski definition) is 2. The second-order valence-electron chi connectivity index (χ2n) is 5.59. The highest BCUT2D eigenvalue weighted by Crippen LogP contribution is 2.17. The number of carbonyl (C=O) groups is 2. The monoisotopic (exact) mass is 365 g/mol. The number of hydrogen-bond acceptors (Lipinski definition) is 5. The molecule has 0 aliphatic carbocycles. The van der Waals surface area contributed by atoms with Crippen LogP contribution in [0.25, 0.3) is 0 Å². The Labute approximate surface area is 155 Å². The fourth-order valence-corrected chi connectivity index (χ4v) is 2.37.